The van der Waals surface area contributed by atoms with Crippen LogP contribution in [0.2, 0.25) is 0 Å². The van der Waals surface area contributed by atoms with Gasteiger partial charge in [0.1, 0.15) is 5.75 Å². The van der Waals surface area contributed by atoms with Crippen LogP contribution in [0, 0.1) is 11.8 Å². The number of hydrogen-bond donors (Lipinski definition) is 0. The monoisotopic (exact) mass is 548 g/mol. The summed E-state index contributed by atoms with van der Waals surface area (Å²) in [6.45, 7) is 1.52. The van der Waals surface area contributed by atoms with Crippen molar-refractivity contribution in [3.63, 3.8) is 0 Å². The zero-order valence-corrected chi connectivity index (χ0v) is 25.3. The van der Waals surface area contributed by atoms with Crippen molar-refractivity contribution in [1.82, 2.24) is 9.97 Å². The van der Waals surface area contributed by atoms with Crippen LogP contribution in [-0.2, 0) is 0 Å². The Morgan fingerprint density at radius 2 is 1.05 bits per heavy atom. The topological polar surface area (TPSA) is 44.2 Å². The molecule has 0 N–H and O–H groups in total. The molecule has 1 aromatic heterocycles. The molecular weight excluding hydrogens is 492 g/mol. The van der Waals surface area contributed by atoms with E-state index >= 15 is 0 Å². The molecule has 222 valence electrons. The summed E-state index contributed by atoms with van der Waals surface area (Å²) in [5, 5.41) is 0. The molecule has 0 atom stereocenters. The highest BCUT2D eigenvalue weighted by molar-refractivity contribution is 5.56. The molecule has 0 saturated heterocycles. The number of nitrogens with zero attached hydrogens (tertiary/aromatic N) is 2. The lowest BCUT2D eigenvalue weighted by molar-refractivity contribution is 0.293. The number of ether oxygens (including phenoxy) is 2. The van der Waals surface area contributed by atoms with E-state index in [4.69, 9.17) is 9.47 Å². The van der Waals surface area contributed by atoms with Gasteiger partial charge in [-0.2, -0.15) is 4.98 Å². The maximum atomic E-state index is 5.98. The molecule has 0 bridgehead atoms. The van der Waals surface area contributed by atoms with E-state index in [9.17, 15) is 0 Å². The first kappa shape index (κ1) is 30.8. The Bertz CT molecular complexity index is 903. The van der Waals surface area contributed by atoms with E-state index in [0.717, 1.165) is 49.2 Å². The minimum Gasteiger partial charge on any atom is -0.494 e. The summed E-state index contributed by atoms with van der Waals surface area (Å²) in [6, 6.07) is 10.0. The summed E-state index contributed by atoms with van der Waals surface area (Å²) in [6.07, 6.45) is 32.4. The predicted molar refractivity (Wildman–Crippen MR) is 167 cm³/mol. The normalized spacial score (nSPS) is 16.1. The molecule has 2 aliphatic rings. The lowest BCUT2D eigenvalue weighted by Gasteiger charge is -2.09. The molecule has 2 saturated carbocycles. The molecule has 2 aromatic rings. The van der Waals surface area contributed by atoms with E-state index in [1.807, 2.05) is 30.3 Å². The fourth-order valence-electron chi connectivity index (χ4n) is 6.71. The van der Waals surface area contributed by atoms with Gasteiger partial charge in [0, 0.05) is 17.8 Å². The smallest absolute Gasteiger partial charge is 0.216 e. The number of aromatic nitrogens is 2. The van der Waals surface area contributed by atoms with Gasteiger partial charge in [0.25, 0.3) is 0 Å². The molecule has 2 aliphatic carbocycles. The van der Waals surface area contributed by atoms with Crippen LogP contribution in [0.5, 0.6) is 11.6 Å². The van der Waals surface area contributed by atoms with Gasteiger partial charge in [0.2, 0.25) is 5.88 Å². The van der Waals surface area contributed by atoms with E-state index < -0.39 is 0 Å². The molecular formula is C36H56N2O2. The van der Waals surface area contributed by atoms with Crippen LogP contribution in [0.4, 0.5) is 0 Å². The van der Waals surface area contributed by atoms with Crippen molar-refractivity contribution >= 4 is 0 Å². The lowest BCUT2D eigenvalue weighted by Crippen LogP contribution is -2.01. The standard InChI is InChI=1S/C36H56N2O2/c1(5-9-17-31-19-11-12-20-31)3-7-15-29-39-34-25-23-33(24-26-34)36-37-28-27-35(38-36)40-30-16-8-4-2-6-10-18-32-21-13-14-22-32/h23-28,31-32H,1-22,29-30H2. The zero-order chi connectivity index (χ0) is 27.5. The van der Waals surface area contributed by atoms with E-state index in [1.54, 1.807) is 6.20 Å². The summed E-state index contributed by atoms with van der Waals surface area (Å²) in [5.41, 5.74) is 0.994. The Hall–Kier alpha value is -2.10. The molecule has 40 heavy (non-hydrogen) atoms. The number of benzene rings is 1. The van der Waals surface area contributed by atoms with Crippen molar-refractivity contribution in [2.45, 2.75) is 141 Å². The molecule has 0 aliphatic heterocycles. The highest BCUT2D eigenvalue weighted by atomic mass is 16.5. The average Bonchev–Trinajstić information content (AvgIpc) is 3.71. The summed E-state index contributed by atoms with van der Waals surface area (Å²) in [4.78, 5) is 9.10. The van der Waals surface area contributed by atoms with Gasteiger partial charge in [-0.15, -0.1) is 0 Å². The van der Waals surface area contributed by atoms with Crippen LogP contribution in [0.25, 0.3) is 11.4 Å². The van der Waals surface area contributed by atoms with E-state index in [0.29, 0.717) is 11.7 Å². The minimum absolute atomic E-state index is 0.667. The molecule has 0 amide bonds. The first-order valence-corrected chi connectivity index (χ1v) is 17.1. The Labute approximate surface area is 245 Å². The zero-order valence-electron chi connectivity index (χ0n) is 25.3. The van der Waals surface area contributed by atoms with Gasteiger partial charge in [-0.05, 0) is 48.9 Å². The van der Waals surface area contributed by atoms with Crippen LogP contribution in [0.3, 0.4) is 0 Å². The summed E-state index contributed by atoms with van der Waals surface area (Å²) in [5.74, 6) is 4.39. The fourth-order valence-corrected chi connectivity index (χ4v) is 6.71. The van der Waals surface area contributed by atoms with Crippen molar-refractivity contribution in [3.8, 4) is 23.0 Å². The van der Waals surface area contributed by atoms with Crippen molar-refractivity contribution in [2.75, 3.05) is 13.2 Å². The van der Waals surface area contributed by atoms with Crippen LogP contribution < -0.4 is 9.47 Å². The first-order chi connectivity index (χ1) is 19.9. The van der Waals surface area contributed by atoms with Crippen molar-refractivity contribution in [2.24, 2.45) is 11.8 Å². The van der Waals surface area contributed by atoms with Gasteiger partial charge in [-0.25, -0.2) is 4.98 Å². The largest absolute Gasteiger partial charge is 0.494 e. The number of rotatable bonds is 21. The van der Waals surface area contributed by atoms with E-state index in [2.05, 4.69) is 9.97 Å². The first-order valence-electron chi connectivity index (χ1n) is 17.1. The number of unbranched alkanes of at least 4 members (excludes halogenated alkanes) is 10. The molecule has 4 nitrogen and oxygen atoms in total. The third kappa shape index (κ3) is 12.2. The SMILES string of the molecule is c1cc(OCCCCCCCCC2CCCC2)nc(-c2ccc(OCCCCCCCCC3CCCC3)cc2)n1. The Kier molecular flexibility index (Phi) is 14.7. The average molecular weight is 549 g/mol. The maximum Gasteiger partial charge on any atom is 0.216 e. The van der Waals surface area contributed by atoms with Gasteiger partial charge in [0.05, 0.1) is 13.2 Å². The lowest BCUT2D eigenvalue weighted by atomic mass is 9.99. The van der Waals surface area contributed by atoms with Crippen LogP contribution >= 0.6 is 0 Å². The van der Waals surface area contributed by atoms with E-state index in [-0.39, 0.29) is 0 Å². The summed E-state index contributed by atoms with van der Waals surface area (Å²) >= 11 is 0. The molecule has 4 heteroatoms. The van der Waals surface area contributed by atoms with Crippen molar-refractivity contribution in [3.05, 3.63) is 36.5 Å². The van der Waals surface area contributed by atoms with Gasteiger partial charge in [-0.3, -0.25) is 0 Å². The van der Waals surface area contributed by atoms with E-state index in [1.165, 1.54) is 128 Å². The van der Waals surface area contributed by atoms with Crippen molar-refractivity contribution in [1.29, 1.82) is 0 Å². The predicted octanol–water partition coefficient (Wildman–Crippen LogP) is 10.7. The second-order valence-corrected chi connectivity index (χ2v) is 12.6. The Morgan fingerprint density at radius 1 is 0.550 bits per heavy atom. The van der Waals surface area contributed by atoms with Crippen molar-refractivity contribution < 1.29 is 9.47 Å². The van der Waals surface area contributed by atoms with Crippen LogP contribution in [0.1, 0.15) is 141 Å². The molecule has 1 aromatic carbocycles. The van der Waals surface area contributed by atoms with Gasteiger partial charge >= 0.3 is 0 Å². The fraction of sp³-hybridized carbons (Fsp3) is 0.722. The second kappa shape index (κ2) is 19.1. The summed E-state index contributed by atoms with van der Waals surface area (Å²) in [7, 11) is 0. The highest BCUT2D eigenvalue weighted by Crippen LogP contribution is 2.30. The third-order valence-electron chi connectivity index (χ3n) is 9.22. The number of hydrogen-bond acceptors (Lipinski definition) is 4. The molecule has 0 radical (unpaired) electrons. The maximum absolute atomic E-state index is 5.98. The Morgan fingerprint density at radius 3 is 1.62 bits per heavy atom. The third-order valence-corrected chi connectivity index (χ3v) is 9.22. The van der Waals surface area contributed by atoms with Gasteiger partial charge < -0.3 is 9.47 Å². The summed E-state index contributed by atoms with van der Waals surface area (Å²) < 4.78 is 11.9. The van der Waals surface area contributed by atoms with Crippen LogP contribution in [0.15, 0.2) is 36.5 Å². The van der Waals surface area contributed by atoms with Gasteiger partial charge in [0.15, 0.2) is 5.82 Å². The highest BCUT2D eigenvalue weighted by Gasteiger charge is 2.14. The second-order valence-electron chi connectivity index (χ2n) is 12.6. The molecule has 0 spiro atoms. The molecule has 0 unspecified atom stereocenters. The van der Waals surface area contributed by atoms with Gasteiger partial charge in [-0.1, -0.05) is 128 Å². The quantitative estimate of drug-likeness (QED) is 0.146. The molecule has 4 rings (SSSR count). The minimum atomic E-state index is 0.667. The molecule has 1 heterocycles. The Balaban J connectivity index is 1.01. The molecule has 2 fully saturated rings. The van der Waals surface area contributed by atoms with Crippen LogP contribution in [-0.4, -0.2) is 23.2 Å².